The van der Waals surface area contributed by atoms with Gasteiger partial charge >= 0.3 is 6.09 Å². The summed E-state index contributed by atoms with van der Waals surface area (Å²) in [4.78, 5) is 65.5. The third kappa shape index (κ3) is 7.91. The molecular formula is C34H42N6O6. The van der Waals surface area contributed by atoms with Gasteiger partial charge in [0.25, 0.3) is 11.8 Å². The summed E-state index contributed by atoms with van der Waals surface area (Å²) in [5, 5.41) is 3.35. The van der Waals surface area contributed by atoms with Crippen molar-refractivity contribution in [1.29, 1.82) is 0 Å². The molecule has 0 aliphatic carbocycles. The maximum absolute atomic E-state index is 13.4. The third-order valence-electron chi connectivity index (χ3n) is 8.38. The molecule has 2 aromatic heterocycles. The Labute approximate surface area is 269 Å². The molecule has 5 rings (SSSR count). The van der Waals surface area contributed by atoms with E-state index in [0.717, 1.165) is 42.4 Å². The second kappa shape index (κ2) is 15.0. The largest absolute Gasteiger partial charge is 0.483 e. The standard InChI is InChI=1S/C34H42N6O6/c1-4-5-15-45-34(44)39-13-11-38(12-14-39)31(41)21-36-33(43)28-18-30(26-9-8-23(2)17-27(26)37-28)46-22-32(42)40-10-6-7-29(40)25-16-24(3)19-35-20-25/h8-9,16-20,29H,4-7,10-15,21-22H2,1-3H3,(H,36,43). The zero-order valence-electron chi connectivity index (χ0n) is 26.8. The van der Waals surface area contributed by atoms with Crippen LogP contribution in [0.3, 0.4) is 0 Å². The molecule has 4 amide bonds. The fraction of sp³-hybridized carbons (Fsp3) is 0.471. The monoisotopic (exact) mass is 630 g/mol. The average Bonchev–Trinajstić information content (AvgIpc) is 3.56. The molecule has 12 heteroatoms. The van der Waals surface area contributed by atoms with E-state index in [2.05, 4.69) is 21.4 Å². The molecule has 3 aromatic rings. The predicted molar refractivity (Wildman–Crippen MR) is 171 cm³/mol. The number of hydrogen-bond acceptors (Lipinski definition) is 8. The second-order valence-corrected chi connectivity index (χ2v) is 11.9. The number of likely N-dealkylation sites (tertiary alicyclic amines) is 1. The summed E-state index contributed by atoms with van der Waals surface area (Å²) in [5.41, 5.74) is 3.64. The predicted octanol–water partition coefficient (Wildman–Crippen LogP) is 3.80. The lowest BCUT2D eigenvalue weighted by Crippen LogP contribution is -2.52. The van der Waals surface area contributed by atoms with E-state index in [-0.39, 0.29) is 42.8 Å². The number of carbonyl (C=O) groups is 4. The van der Waals surface area contributed by atoms with Crippen molar-refractivity contribution in [2.24, 2.45) is 0 Å². The highest BCUT2D eigenvalue weighted by molar-refractivity contribution is 5.98. The van der Waals surface area contributed by atoms with Crippen LogP contribution in [-0.4, -0.2) is 101 Å². The van der Waals surface area contributed by atoms with Gasteiger partial charge in [0, 0.05) is 56.6 Å². The molecule has 0 saturated carbocycles. The Morgan fingerprint density at radius 3 is 2.48 bits per heavy atom. The topological polar surface area (TPSA) is 134 Å². The minimum atomic E-state index is -0.530. The van der Waals surface area contributed by atoms with E-state index < -0.39 is 5.91 Å². The zero-order chi connectivity index (χ0) is 32.6. The highest BCUT2D eigenvalue weighted by atomic mass is 16.6. The summed E-state index contributed by atoms with van der Waals surface area (Å²) in [6.07, 6.45) is 6.75. The van der Waals surface area contributed by atoms with Crippen molar-refractivity contribution in [3.63, 3.8) is 0 Å². The van der Waals surface area contributed by atoms with Crippen molar-refractivity contribution >= 4 is 34.7 Å². The van der Waals surface area contributed by atoms with Crippen molar-refractivity contribution in [2.45, 2.75) is 52.5 Å². The van der Waals surface area contributed by atoms with Crippen molar-refractivity contribution < 1.29 is 28.7 Å². The number of rotatable bonds is 10. The number of fused-ring (bicyclic) bond motifs is 1. The molecule has 1 unspecified atom stereocenters. The van der Waals surface area contributed by atoms with E-state index in [9.17, 15) is 19.2 Å². The molecule has 2 aliphatic heterocycles. The van der Waals surface area contributed by atoms with Crippen molar-refractivity contribution in [3.05, 3.63) is 65.1 Å². The number of aromatic nitrogens is 2. The number of amides is 4. The van der Waals surface area contributed by atoms with E-state index in [1.54, 1.807) is 16.0 Å². The second-order valence-electron chi connectivity index (χ2n) is 11.9. The smallest absolute Gasteiger partial charge is 0.409 e. The first-order chi connectivity index (χ1) is 22.2. The highest BCUT2D eigenvalue weighted by Crippen LogP contribution is 2.32. The first-order valence-electron chi connectivity index (χ1n) is 16.0. The molecule has 2 aliphatic rings. The van der Waals surface area contributed by atoms with Crippen molar-refractivity contribution in [2.75, 3.05) is 52.5 Å². The summed E-state index contributed by atoms with van der Waals surface area (Å²) >= 11 is 0. The quantitative estimate of drug-likeness (QED) is 0.335. The van der Waals surface area contributed by atoms with Crippen molar-refractivity contribution in [1.82, 2.24) is 30.0 Å². The van der Waals surface area contributed by atoms with E-state index in [4.69, 9.17) is 9.47 Å². The fourth-order valence-electron chi connectivity index (χ4n) is 5.83. The number of benzene rings is 1. The molecule has 244 valence electrons. The summed E-state index contributed by atoms with van der Waals surface area (Å²) < 4.78 is 11.3. The van der Waals surface area contributed by atoms with E-state index >= 15 is 0 Å². The van der Waals surface area contributed by atoms with Crippen LogP contribution in [0.4, 0.5) is 4.79 Å². The summed E-state index contributed by atoms with van der Waals surface area (Å²) in [7, 11) is 0. The lowest BCUT2D eigenvalue weighted by molar-refractivity contribution is -0.134. The molecule has 1 N–H and O–H groups in total. The van der Waals surface area contributed by atoms with Gasteiger partial charge in [-0.15, -0.1) is 0 Å². The molecule has 4 heterocycles. The first-order valence-corrected chi connectivity index (χ1v) is 16.0. The minimum Gasteiger partial charge on any atom is -0.483 e. The molecule has 2 saturated heterocycles. The van der Waals surface area contributed by atoms with Gasteiger partial charge in [-0.25, -0.2) is 9.78 Å². The van der Waals surface area contributed by atoms with E-state index in [0.29, 0.717) is 56.0 Å². The number of aryl methyl sites for hydroxylation is 2. The van der Waals surface area contributed by atoms with Crippen LogP contribution in [0, 0.1) is 13.8 Å². The van der Waals surface area contributed by atoms with Gasteiger partial charge in [0.1, 0.15) is 11.4 Å². The van der Waals surface area contributed by atoms with Crippen LogP contribution in [0.5, 0.6) is 5.75 Å². The molecule has 0 spiro atoms. The molecular weight excluding hydrogens is 588 g/mol. The Balaban J connectivity index is 1.20. The number of piperazine rings is 1. The lowest BCUT2D eigenvalue weighted by atomic mass is 10.1. The van der Waals surface area contributed by atoms with E-state index in [1.165, 1.54) is 6.07 Å². The molecule has 46 heavy (non-hydrogen) atoms. The maximum Gasteiger partial charge on any atom is 0.409 e. The first kappa shape index (κ1) is 32.6. The molecule has 2 fully saturated rings. The fourth-order valence-corrected chi connectivity index (χ4v) is 5.83. The van der Waals surface area contributed by atoms with Crippen LogP contribution in [-0.2, 0) is 14.3 Å². The molecule has 1 aromatic carbocycles. The Bertz CT molecular complexity index is 1590. The van der Waals surface area contributed by atoms with Gasteiger partial charge < -0.3 is 29.5 Å². The number of pyridine rings is 2. The Hall–Kier alpha value is -4.74. The molecule has 12 nitrogen and oxygen atoms in total. The van der Waals surface area contributed by atoms with Gasteiger partial charge in [-0.1, -0.05) is 25.5 Å². The summed E-state index contributed by atoms with van der Waals surface area (Å²) in [6.45, 7) is 8.00. The van der Waals surface area contributed by atoms with E-state index in [1.807, 2.05) is 50.1 Å². The highest BCUT2D eigenvalue weighted by Gasteiger charge is 2.31. The number of carbonyl (C=O) groups excluding carboxylic acids is 4. The van der Waals surface area contributed by atoms with Gasteiger partial charge in [0.05, 0.1) is 24.7 Å². The van der Waals surface area contributed by atoms with Crippen LogP contribution >= 0.6 is 0 Å². The summed E-state index contributed by atoms with van der Waals surface area (Å²) in [5.74, 6) is -0.565. The maximum atomic E-state index is 13.4. The Morgan fingerprint density at radius 1 is 0.935 bits per heavy atom. The van der Waals surface area contributed by atoms with Gasteiger partial charge in [0.15, 0.2) is 6.61 Å². The molecule has 1 atom stereocenters. The Kier molecular flexibility index (Phi) is 10.7. The molecule has 0 bridgehead atoms. The minimum absolute atomic E-state index is 0.0539. The number of hydrogen-bond donors (Lipinski definition) is 1. The molecule has 0 radical (unpaired) electrons. The van der Waals surface area contributed by atoms with Crippen LogP contribution in [0.15, 0.2) is 42.7 Å². The van der Waals surface area contributed by atoms with Crippen LogP contribution in [0.2, 0.25) is 0 Å². The average molecular weight is 631 g/mol. The summed E-state index contributed by atoms with van der Waals surface area (Å²) in [6, 6.07) is 9.15. The van der Waals surface area contributed by atoms with Gasteiger partial charge in [-0.05, 0) is 61.9 Å². The SMILES string of the molecule is CCCCOC(=O)N1CCN(C(=O)CNC(=O)c2cc(OCC(=O)N3CCCC3c3cncc(C)c3)c3ccc(C)cc3n2)CC1. The number of nitrogens with one attached hydrogen (secondary N) is 1. The van der Waals surface area contributed by atoms with Crippen LogP contribution < -0.4 is 10.1 Å². The Morgan fingerprint density at radius 2 is 1.72 bits per heavy atom. The third-order valence-corrected chi connectivity index (χ3v) is 8.38. The van der Waals surface area contributed by atoms with Crippen LogP contribution in [0.1, 0.15) is 65.8 Å². The van der Waals surface area contributed by atoms with Crippen LogP contribution in [0.25, 0.3) is 10.9 Å². The zero-order valence-corrected chi connectivity index (χ0v) is 26.8. The van der Waals surface area contributed by atoms with Gasteiger partial charge in [0.2, 0.25) is 5.91 Å². The van der Waals surface area contributed by atoms with Crippen molar-refractivity contribution in [3.8, 4) is 5.75 Å². The normalized spacial score (nSPS) is 16.4. The van der Waals surface area contributed by atoms with Gasteiger partial charge in [-0.2, -0.15) is 0 Å². The van der Waals surface area contributed by atoms with Gasteiger partial charge in [-0.3, -0.25) is 19.4 Å². The number of ether oxygens (including phenoxy) is 2. The lowest BCUT2D eigenvalue weighted by Gasteiger charge is -2.34. The number of unbranched alkanes of at least 4 members (excludes halogenated alkanes) is 1. The number of nitrogens with zero attached hydrogens (tertiary/aromatic N) is 5.